The van der Waals surface area contributed by atoms with Gasteiger partial charge in [0.05, 0.1) is 5.02 Å². The van der Waals surface area contributed by atoms with Gasteiger partial charge in [0.15, 0.2) is 5.78 Å². The van der Waals surface area contributed by atoms with Crippen molar-refractivity contribution in [2.45, 2.75) is 12.7 Å². The van der Waals surface area contributed by atoms with Crippen LogP contribution in [0, 0.1) is 0 Å². The zero-order valence-electron chi connectivity index (χ0n) is 10.9. The highest BCUT2D eigenvalue weighted by atomic mass is 79.9. The van der Waals surface area contributed by atoms with E-state index < -0.39 is 0 Å². The predicted octanol–water partition coefficient (Wildman–Crippen LogP) is 4.98. The molecule has 0 atom stereocenters. The van der Waals surface area contributed by atoms with Crippen molar-refractivity contribution in [3.63, 3.8) is 0 Å². The Morgan fingerprint density at radius 2 is 2.15 bits per heavy atom. The lowest BCUT2D eigenvalue weighted by Crippen LogP contribution is -2.04. The van der Waals surface area contributed by atoms with Crippen LogP contribution >= 0.6 is 39.3 Å². The first kappa shape index (κ1) is 15.5. The Balaban J connectivity index is 2.29. The summed E-state index contributed by atoms with van der Waals surface area (Å²) in [6, 6.07) is 7.45. The predicted molar refractivity (Wildman–Crippen MR) is 88.7 cm³/mol. The summed E-state index contributed by atoms with van der Waals surface area (Å²) in [6.45, 7) is 2.13. The van der Waals surface area contributed by atoms with E-state index >= 15 is 0 Å². The fourth-order valence-corrected chi connectivity index (χ4v) is 3.19. The third-order valence-corrected chi connectivity index (χ3v) is 4.67. The summed E-state index contributed by atoms with van der Waals surface area (Å²) in [7, 11) is 0. The van der Waals surface area contributed by atoms with Gasteiger partial charge >= 0.3 is 0 Å². The van der Waals surface area contributed by atoms with Crippen molar-refractivity contribution in [1.29, 1.82) is 0 Å². The molecule has 2 rings (SSSR count). The quantitative estimate of drug-likeness (QED) is 0.695. The first-order valence-electron chi connectivity index (χ1n) is 6.14. The lowest BCUT2D eigenvalue weighted by molar-refractivity contribution is 0.103. The number of pyridine rings is 1. The molecule has 5 heteroatoms. The second kappa shape index (κ2) is 7.25. The van der Waals surface area contributed by atoms with Crippen LogP contribution in [-0.4, -0.2) is 16.5 Å². The molecule has 0 bridgehead atoms. The minimum atomic E-state index is -0.0982. The second-order valence-corrected chi connectivity index (χ2v) is 6.67. The van der Waals surface area contributed by atoms with Crippen molar-refractivity contribution in [2.24, 2.45) is 0 Å². The summed E-state index contributed by atoms with van der Waals surface area (Å²) in [5.41, 5.74) is 2.28. The van der Waals surface area contributed by atoms with Crippen molar-refractivity contribution in [3.8, 4) is 0 Å². The Labute approximate surface area is 136 Å². The third kappa shape index (κ3) is 3.62. The molecule has 0 aliphatic rings. The monoisotopic (exact) mass is 369 g/mol. The average Bonchev–Trinajstić information content (AvgIpc) is 2.45. The lowest BCUT2D eigenvalue weighted by atomic mass is 10.0. The Kier molecular flexibility index (Phi) is 5.64. The number of rotatable bonds is 5. The average molecular weight is 371 g/mol. The molecule has 1 aromatic carbocycles. The Morgan fingerprint density at radius 3 is 2.80 bits per heavy atom. The van der Waals surface area contributed by atoms with E-state index in [-0.39, 0.29) is 5.78 Å². The van der Waals surface area contributed by atoms with Crippen LogP contribution in [0.25, 0.3) is 0 Å². The molecule has 2 aromatic rings. The Hall–Kier alpha value is -0.840. The standard InChI is InChI=1S/C15H13BrClNOS/c1-2-20-9-10-3-4-11(13(16)7-10)15(19)12-5-6-18-8-14(12)17/h3-8H,2,9H2,1H3. The van der Waals surface area contributed by atoms with E-state index in [9.17, 15) is 4.79 Å². The van der Waals surface area contributed by atoms with Crippen LogP contribution in [0.2, 0.25) is 5.02 Å². The summed E-state index contributed by atoms with van der Waals surface area (Å²) < 4.78 is 0.796. The molecule has 0 unspecified atom stereocenters. The molecule has 0 aliphatic carbocycles. The number of benzene rings is 1. The largest absolute Gasteiger partial charge is 0.289 e. The molecular formula is C15H13BrClNOS. The molecule has 0 spiro atoms. The minimum Gasteiger partial charge on any atom is -0.289 e. The number of hydrogen-bond donors (Lipinski definition) is 0. The molecule has 0 radical (unpaired) electrons. The normalized spacial score (nSPS) is 10.6. The molecular weight excluding hydrogens is 358 g/mol. The number of hydrogen-bond acceptors (Lipinski definition) is 3. The Bertz CT molecular complexity index is 633. The van der Waals surface area contributed by atoms with Crippen LogP contribution in [0.4, 0.5) is 0 Å². The van der Waals surface area contributed by atoms with Crippen molar-refractivity contribution in [3.05, 3.63) is 62.8 Å². The SMILES string of the molecule is CCSCc1ccc(C(=O)c2ccncc2Cl)c(Br)c1. The number of thioether (sulfide) groups is 1. The maximum atomic E-state index is 12.5. The van der Waals surface area contributed by atoms with Gasteiger partial charge in [0.2, 0.25) is 0 Å². The molecule has 104 valence electrons. The smallest absolute Gasteiger partial charge is 0.195 e. The number of carbonyl (C=O) groups excluding carboxylic acids is 1. The van der Waals surface area contributed by atoms with Crippen molar-refractivity contribution in [1.82, 2.24) is 4.98 Å². The zero-order valence-corrected chi connectivity index (χ0v) is 14.1. The summed E-state index contributed by atoms with van der Waals surface area (Å²) in [4.78, 5) is 16.4. The van der Waals surface area contributed by atoms with E-state index in [4.69, 9.17) is 11.6 Å². The molecule has 1 aromatic heterocycles. The third-order valence-electron chi connectivity index (χ3n) is 2.77. The van der Waals surface area contributed by atoms with E-state index in [1.54, 1.807) is 12.3 Å². The van der Waals surface area contributed by atoms with Crippen molar-refractivity contribution >= 4 is 45.1 Å². The van der Waals surface area contributed by atoms with Crippen LogP contribution in [0.3, 0.4) is 0 Å². The van der Waals surface area contributed by atoms with Gasteiger partial charge in [-0.05, 0) is 29.5 Å². The fraction of sp³-hybridized carbons (Fsp3) is 0.200. The molecule has 20 heavy (non-hydrogen) atoms. The number of aromatic nitrogens is 1. The number of nitrogens with zero attached hydrogens (tertiary/aromatic N) is 1. The van der Waals surface area contributed by atoms with Gasteiger partial charge < -0.3 is 0 Å². The van der Waals surface area contributed by atoms with Gasteiger partial charge in [-0.15, -0.1) is 0 Å². The minimum absolute atomic E-state index is 0.0982. The number of carbonyl (C=O) groups is 1. The van der Waals surface area contributed by atoms with Crippen LogP contribution in [-0.2, 0) is 5.75 Å². The molecule has 0 saturated heterocycles. The zero-order chi connectivity index (χ0) is 14.5. The van der Waals surface area contributed by atoms with Gasteiger partial charge in [-0.1, -0.05) is 40.5 Å². The molecule has 0 amide bonds. The van der Waals surface area contributed by atoms with E-state index in [1.165, 1.54) is 11.8 Å². The fourth-order valence-electron chi connectivity index (χ4n) is 1.76. The highest BCUT2D eigenvalue weighted by Gasteiger charge is 2.15. The van der Waals surface area contributed by atoms with Gasteiger partial charge in [0.25, 0.3) is 0 Å². The van der Waals surface area contributed by atoms with Gasteiger partial charge in [-0.25, -0.2) is 0 Å². The van der Waals surface area contributed by atoms with E-state index in [1.807, 2.05) is 30.0 Å². The van der Waals surface area contributed by atoms with Crippen LogP contribution < -0.4 is 0 Å². The molecule has 0 saturated carbocycles. The number of ketones is 1. The van der Waals surface area contributed by atoms with Crippen molar-refractivity contribution in [2.75, 3.05) is 5.75 Å². The Morgan fingerprint density at radius 1 is 1.35 bits per heavy atom. The van der Waals surface area contributed by atoms with Gasteiger partial charge in [0, 0.05) is 33.7 Å². The van der Waals surface area contributed by atoms with Crippen LogP contribution in [0.15, 0.2) is 41.1 Å². The molecule has 0 fully saturated rings. The van der Waals surface area contributed by atoms with Crippen LogP contribution in [0.1, 0.15) is 28.4 Å². The molecule has 0 aliphatic heterocycles. The van der Waals surface area contributed by atoms with Gasteiger partial charge in [-0.3, -0.25) is 9.78 Å². The van der Waals surface area contributed by atoms with E-state index in [0.29, 0.717) is 16.1 Å². The maximum absolute atomic E-state index is 12.5. The summed E-state index contributed by atoms with van der Waals surface area (Å²) in [5.74, 6) is 1.92. The van der Waals surface area contributed by atoms with E-state index in [2.05, 4.69) is 27.8 Å². The molecule has 2 nitrogen and oxygen atoms in total. The van der Waals surface area contributed by atoms with E-state index in [0.717, 1.165) is 16.0 Å². The number of halogens is 2. The summed E-state index contributed by atoms with van der Waals surface area (Å²) in [5, 5.41) is 0.370. The van der Waals surface area contributed by atoms with Gasteiger partial charge in [0.1, 0.15) is 0 Å². The topological polar surface area (TPSA) is 30.0 Å². The highest BCUT2D eigenvalue weighted by molar-refractivity contribution is 9.10. The first-order chi connectivity index (χ1) is 9.63. The van der Waals surface area contributed by atoms with Crippen molar-refractivity contribution < 1.29 is 4.79 Å². The summed E-state index contributed by atoms with van der Waals surface area (Å²) in [6.07, 6.45) is 3.05. The highest BCUT2D eigenvalue weighted by Crippen LogP contribution is 2.26. The van der Waals surface area contributed by atoms with Crippen LogP contribution in [0.5, 0.6) is 0 Å². The van der Waals surface area contributed by atoms with Gasteiger partial charge in [-0.2, -0.15) is 11.8 Å². The lowest BCUT2D eigenvalue weighted by Gasteiger charge is -2.07. The first-order valence-corrected chi connectivity index (χ1v) is 8.46. The maximum Gasteiger partial charge on any atom is 0.195 e. The molecule has 1 heterocycles. The molecule has 0 N–H and O–H groups in total. The second-order valence-electron chi connectivity index (χ2n) is 4.14. The summed E-state index contributed by atoms with van der Waals surface area (Å²) >= 11 is 11.3.